The number of esters is 3. The van der Waals surface area contributed by atoms with Crippen molar-refractivity contribution in [3.63, 3.8) is 0 Å². The maximum absolute atomic E-state index is 12.7. The van der Waals surface area contributed by atoms with Crippen LogP contribution in [0.4, 0.5) is 0 Å². The first kappa shape index (κ1) is 54.2. The van der Waals surface area contributed by atoms with Gasteiger partial charge in [0.05, 0.1) is 0 Å². The summed E-state index contributed by atoms with van der Waals surface area (Å²) in [5, 5.41) is 0. The van der Waals surface area contributed by atoms with E-state index in [-0.39, 0.29) is 31.1 Å². The largest absolute Gasteiger partial charge is 0.462 e. The molecule has 0 N–H and O–H groups in total. The van der Waals surface area contributed by atoms with E-state index >= 15 is 0 Å². The molecule has 1 atom stereocenters. The summed E-state index contributed by atoms with van der Waals surface area (Å²) in [5.41, 5.74) is 0. The highest BCUT2D eigenvalue weighted by Gasteiger charge is 2.19. The topological polar surface area (TPSA) is 78.9 Å². The zero-order valence-electron chi connectivity index (χ0n) is 37.7. The molecule has 0 radical (unpaired) electrons. The third kappa shape index (κ3) is 43.3. The van der Waals surface area contributed by atoms with Crippen molar-refractivity contribution in [2.45, 2.75) is 277 Å². The number of unbranched alkanes of at least 4 members (excludes halogenated alkanes) is 32. The van der Waals surface area contributed by atoms with Gasteiger partial charge >= 0.3 is 17.9 Å². The Balaban J connectivity index is 4.20. The number of allylic oxidation sites excluding steroid dienone is 2. The van der Waals surface area contributed by atoms with E-state index in [9.17, 15) is 14.4 Å². The van der Waals surface area contributed by atoms with Gasteiger partial charge in [-0.3, -0.25) is 14.4 Å². The van der Waals surface area contributed by atoms with Crippen molar-refractivity contribution in [2.75, 3.05) is 13.2 Å². The van der Waals surface area contributed by atoms with Gasteiger partial charge in [-0.2, -0.15) is 0 Å². The van der Waals surface area contributed by atoms with Gasteiger partial charge < -0.3 is 14.2 Å². The molecule has 6 nitrogen and oxygen atoms in total. The van der Waals surface area contributed by atoms with Crippen molar-refractivity contribution >= 4 is 17.9 Å². The fourth-order valence-electron chi connectivity index (χ4n) is 7.26. The third-order valence-corrected chi connectivity index (χ3v) is 11.0. The number of carbonyl (C=O) groups is 3. The van der Waals surface area contributed by atoms with Gasteiger partial charge in [0.1, 0.15) is 13.2 Å². The Morgan fingerprint density at radius 2 is 0.589 bits per heavy atom. The van der Waals surface area contributed by atoms with Crippen molar-refractivity contribution < 1.29 is 28.6 Å². The Kier molecular flexibility index (Phi) is 44.3. The highest BCUT2D eigenvalue weighted by atomic mass is 16.6. The van der Waals surface area contributed by atoms with Crippen LogP contribution in [0.2, 0.25) is 0 Å². The Morgan fingerprint density at radius 1 is 0.339 bits per heavy atom. The molecule has 0 amide bonds. The predicted molar refractivity (Wildman–Crippen MR) is 238 cm³/mol. The van der Waals surface area contributed by atoms with Crippen LogP contribution in [0.3, 0.4) is 0 Å². The molecule has 56 heavy (non-hydrogen) atoms. The van der Waals surface area contributed by atoms with Crippen molar-refractivity contribution in [3.8, 4) is 0 Å². The summed E-state index contributed by atoms with van der Waals surface area (Å²) in [6, 6.07) is 0. The molecule has 0 heterocycles. The molecule has 0 saturated carbocycles. The molecule has 0 saturated heterocycles. The second-order valence-electron chi connectivity index (χ2n) is 16.7. The van der Waals surface area contributed by atoms with E-state index in [0.717, 1.165) is 57.8 Å². The first-order valence-electron chi connectivity index (χ1n) is 24.7. The molecule has 0 aliphatic carbocycles. The van der Waals surface area contributed by atoms with Crippen molar-refractivity contribution in [2.24, 2.45) is 0 Å². The molecule has 6 heteroatoms. The van der Waals surface area contributed by atoms with Crippen molar-refractivity contribution in [1.82, 2.24) is 0 Å². The van der Waals surface area contributed by atoms with Gasteiger partial charge in [0.15, 0.2) is 6.10 Å². The van der Waals surface area contributed by atoms with Gasteiger partial charge in [0, 0.05) is 19.3 Å². The lowest BCUT2D eigenvalue weighted by molar-refractivity contribution is -0.167. The summed E-state index contributed by atoms with van der Waals surface area (Å²) in [4.78, 5) is 37.6. The van der Waals surface area contributed by atoms with Gasteiger partial charge in [-0.05, 0) is 44.9 Å². The first-order valence-corrected chi connectivity index (χ1v) is 24.7. The van der Waals surface area contributed by atoms with Crippen LogP contribution in [0.1, 0.15) is 271 Å². The van der Waals surface area contributed by atoms with E-state index in [2.05, 4.69) is 32.9 Å². The molecule has 0 rings (SSSR count). The third-order valence-electron chi connectivity index (χ3n) is 11.0. The molecule has 0 fully saturated rings. The average molecular weight is 791 g/mol. The Morgan fingerprint density at radius 3 is 0.893 bits per heavy atom. The number of ether oxygens (including phenoxy) is 3. The normalized spacial score (nSPS) is 12.0. The van der Waals surface area contributed by atoms with Crippen LogP contribution in [0.25, 0.3) is 0 Å². The first-order chi connectivity index (χ1) is 27.5. The van der Waals surface area contributed by atoms with Gasteiger partial charge in [-0.1, -0.05) is 219 Å². The standard InChI is InChI=1S/C50H94O6/c1-4-7-10-13-16-18-20-22-24-25-27-28-30-32-34-37-40-43-49(52)55-46-47(45-54-48(51)42-39-36-15-12-9-6-3)56-50(53)44-41-38-35-33-31-29-26-23-21-19-17-14-11-8-5-2/h22,24,47H,4-21,23,25-46H2,1-3H3/b24-22-. The van der Waals surface area contributed by atoms with Crippen LogP contribution in [0.5, 0.6) is 0 Å². The Hall–Kier alpha value is -1.85. The van der Waals surface area contributed by atoms with Crippen molar-refractivity contribution in [1.29, 1.82) is 0 Å². The molecule has 0 aromatic heterocycles. The molecule has 1 unspecified atom stereocenters. The van der Waals surface area contributed by atoms with E-state index in [4.69, 9.17) is 14.2 Å². The molecule has 0 aliphatic rings. The second kappa shape index (κ2) is 45.8. The molecular formula is C50H94O6. The monoisotopic (exact) mass is 791 g/mol. The Labute approximate surface area is 348 Å². The van der Waals surface area contributed by atoms with Gasteiger partial charge in [-0.15, -0.1) is 0 Å². The van der Waals surface area contributed by atoms with E-state index in [1.54, 1.807) is 0 Å². The van der Waals surface area contributed by atoms with Crippen LogP contribution >= 0.6 is 0 Å². The van der Waals surface area contributed by atoms with Gasteiger partial charge in [0.25, 0.3) is 0 Å². The van der Waals surface area contributed by atoms with Crippen LogP contribution in [0, 0.1) is 0 Å². The highest BCUT2D eigenvalue weighted by Crippen LogP contribution is 2.16. The molecule has 0 aromatic rings. The minimum absolute atomic E-state index is 0.0680. The fourth-order valence-corrected chi connectivity index (χ4v) is 7.26. The van der Waals surface area contributed by atoms with Gasteiger partial charge in [0.2, 0.25) is 0 Å². The lowest BCUT2D eigenvalue weighted by Gasteiger charge is -2.18. The molecule has 0 aromatic carbocycles. The summed E-state index contributed by atoms with van der Waals surface area (Å²) >= 11 is 0. The van der Waals surface area contributed by atoms with E-state index in [0.29, 0.717) is 19.3 Å². The van der Waals surface area contributed by atoms with Crippen LogP contribution < -0.4 is 0 Å². The predicted octanol–water partition coefficient (Wildman–Crippen LogP) is 15.8. The number of hydrogen-bond donors (Lipinski definition) is 0. The highest BCUT2D eigenvalue weighted by molar-refractivity contribution is 5.71. The zero-order valence-corrected chi connectivity index (χ0v) is 37.7. The maximum Gasteiger partial charge on any atom is 0.306 e. The minimum atomic E-state index is -0.762. The van der Waals surface area contributed by atoms with Crippen LogP contribution in [-0.4, -0.2) is 37.2 Å². The van der Waals surface area contributed by atoms with E-state index < -0.39 is 6.10 Å². The summed E-state index contributed by atoms with van der Waals surface area (Å²) in [7, 11) is 0. The Bertz CT molecular complexity index is 870. The van der Waals surface area contributed by atoms with Crippen LogP contribution in [0.15, 0.2) is 12.2 Å². The summed E-state index contributed by atoms with van der Waals surface area (Å²) < 4.78 is 16.7. The summed E-state index contributed by atoms with van der Waals surface area (Å²) in [6.07, 6.45) is 49.3. The SMILES string of the molecule is CCCCCCCC/C=C\CCCCCCCCCC(=O)OCC(COC(=O)CCCCCCCC)OC(=O)CCCCCCCCCCCCCCCCC. The van der Waals surface area contributed by atoms with E-state index in [1.807, 2.05) is 0 Å². The quantitative estimate of drug-likeness (QED) is 0.0264. The van der Waals surface area contributed by atoms with E-state index in [1.165, 1.54) is 173 Å². The molecule has 330 valence electrons. The van der Waals surface area contributed by atoms with Gasteiger partial charge in [-0.25, -0.2) is 0 Å². The number of rotatable bonds is 45. The average Bonchev–Trinajstić information content (AvgIpc) is 3.19. The minimum Gasteiger partial charge on any atom is -0.462 e. The molecule has 0 spiro atoms. The molecular weight excluding hydrogens is 697 g/mol. The molecule has 0 aliphatic heterocycles. The summed E-state index contributed by atoms with van der Waals surface area (Å²) in [5.74, 6) is -0.869. The lowest BCUT2D eigenvalue weighted by atomic mass is 10.0. The number of carbonyl (C=O) groups excluding carboxylic acids is 3. The lowest BCUT2D eigenvalue weighted by Crippen LogP contribution is -2.30. The summed E-state index contributed by atoms with van der Waals surface area (Å²) in [6.45, 7) is 6.60. The zero-order chi connectivity index (χ0) is 40.8. The second-order valence-corrected chi connectivity index (χ2v) is 16.7. The van der Waals surface area contributed by atoms with Crippen LogP contribution in [-0.2, 0) is 28.6 Å². The number of hydrogen-bond acceptors (Lipinski definition) is 6. The van der Waals surface area contributed by atoms with Crippen molar-refractivity contribution in [3.05, 3.63) is 12.2 Å². The fraction of sp³-hybridized carbons (Fsp3) is 0.900. The maximum atomic E-state index is 12.7. The molecule has 0 bridgehead atoms. The smallest absolute Gasteiger partial charge is 0.306 e.